The minimum absolute atomic E-state index is 0.00162. The lowest BCUT2D eigenvalue weighted by molar-refractivity contribution is -0.148. The molecular weight excluding hydrogens is 338 g/mol. The number of benzene rings is 1. The maximum absolute atomic E-state index is 12.2. The van der Waals surface area contributed by atoms with Gasteiger partial charge in [0.15, 0.2) is 5.12 Å². The van der Waals surface area contributed by atoms with Crippen molar-refractivity contribution in [2.24, 2.45) is 5.92 Å². The average molecular weight is 356 g/mol. The number of nitrogens with zero attached hydrogens (tertiary/aromatic N) is 1. The normalized spacial score (nSPS) is 19.0. The molecule has 0 aliphatic carbocycles. The predicted molar refractivity (Wildman–Crippen MR) is 89.5 cm³/mol. The van der Waals surface area contributed by atoms with Gasteiger partial charge in [0.05, 0.1) is 0 Å². The number of carboxylic acids is 1. The number of hydrogen-bond acceptors (Lipinski definition) is 4. The third-order valence-electron chi connectivity index (χ3n) is 3.79. The Morgan fingerprint density at radius 3 is 2.74 bits per heavy atom. The van der Waals surface area contributed by atoms with E-state index in [1.165, 1.54) is 23.6 Å². The van der Waals surface area contributed by atoms with Crippen LogP contribution in [0.4, 0.5) is 0 Å². The van der Waals surface area contributed by atoms with E-state index in [4.69, 9.17) is 11.6 Å². The van der Waals surface area contributed by atoms with E-state index in [1.54, 1.807) is 24.3 Å². The number of halogens is 1. The lowest BCUT2D eigenvalue weighted by atomic mass is 10.0. The molecule has 2 atom stereocenters. The van der Waals surface area contributed by atoms with Gasteiger partial charge < -0.3 is 10.0 Å². The molecular formula is C16H18ClNO4S. The molecule has 1 fully saturated rings. The van der Waals surface area contributed by atoms with Crippen LogP contribution in [-0.4, -0.2) is 45.3 Å². The van der Waals surface area contributed by atoms with Gasteiger partial charge in [-0.3, -0.25) is 9.59 Å². The molecule has 1 aromatic rings. The van der Waals surface area contributed by atoms with E-state index in [2.05, 4.69) is 0 Å². The van der Waals surface area contributed by atoms with Crippen LogP contribution in [0.15, 0.2) is 24.3 Å². The van der Waals surface area contributed by atoms with Gasteiger partial charge in [0, 0.05) is 37.1 Å². The second-order valence-electron chi connectivity index (χ2n) is 5.57. The summed E-state index contributed by atoms with van der Waals surface area (Å²) in [6.45, 7) is 1.84. The van der Waals surface area contributed by atoms with Crippen molar-refractivity contribution in [1.29, 1.82) is 0 Å². The van der Waals surface area contributed by atoms with Gasteiger partial charge in [0.25, 0.3) is 0 Å². The molecule has 0 saturated carbocycles. The summed E-state index contributed by atoms with van der Waals surface area (Å²) in [5, 5.41) is 10.0. The van der Waals surface area contributed by atoms with Crippen LogP contribution >= 0.6 is 23.4 Å². The number of aliphatic carboxylic acids is 1. The molecule has 1 aromatic carbocycles. The van der Waals surface area contributed by atoms with E-state index in [1.807, 2.05) is 0 Å². The number of amides is 1. The molecule has 124 valence electrons. The summed E-state index contributed by atoms with van der Waals surface area (Å²) in [4.78, 5) is 36.2. The standard InChI is InChI=1S/C16H18ClNO4S/c1-10(19)23-9-11-6-15(20)18(8-11)14(16(21)22)7-12-4-2-3-5-13(12)17/h2-5,11,14H,6-9H2,1H3,(H,21,22)/t11?,14-/m0/s1. The second kappa shape index (κ2) is 7.84. The van der Waals surface area contributed by atoms with E-state index in [-0.39, 0.29) is 29.8 Å². The number of carbonyl (C=O) groups is 3. The fourth-order valence-corrected chi connectivity index (χ4v) is 3.57. The van der Waals surface area contributed by atoms with Gasteiger partial charge in [-0.25, -0.2) is 4.79 Å². The number of hydrogen-bond donors (Lipinski definition) is 1. The zero-order chi connectivity index (χ0) is 17.0. The van der Waals surface area contributed by atoms with Crippen LogP contribution in [0, 0.1) is 5.92 Å². The van der Waals surface area contributed by atoms with Crippen molar-refractivity contribution in [3.8, 4) is 0 Å². The summed E-state index contributed by atoms with van der Waals surface area (Å²) in [5.41, 5.74) is 0.705. The van der Waals surface area contributed by atoms with Gasteiger partial charge in [0.1, 0.15) is 6.04 Å². The van der Waals surface area contributed by atoms with E-state index >= 15 is 0 Å². The van der Waals surface area contributed by atoms with Gasteiger partial charge in [-0.1, -0.05) is 41.6 Å². The van der Waals surface area contributed by atoms with Crippen LogP contribution in [-0.2, 0) is 20.8 Å². The van der Waals surface area contributed by atoms with Gasteiger partial charge in [-0.15, -0.1) is 0 Å². The fraction of sp³-hybridized carbons (Fsp3) is 0.438. The lowest BCUT2D eigenvalue weighted by Gasteiger charge is -2.25. The minimum Gasteiger partial charge on any atom is -0.480 e. The number of carboxylic acid groups (broad SMARTS) is 1. The quantitative estimate of drug-likeness (QED) is 0.848. The highest BCUT2D eigenvalue weighted by Gasteiger charge is 2.37. The zero-order valence-electron chi connectivity index (χ0n) is 12.7. The van der Waals surface area contributed by atoms with Gasteiger partial charge in [0.2, 0.25) is 5.91 Å². The largest absolute Gasteiger partial charge is 0.480 e. The van der Waals surface area contributed by atoms with E-state index in [0.717, 1.165) is 0 Å². The van der Waals surface area contributed by atoms with Gasteiger partial charge in [-0.05, 0) is 17.5 Å². The van der Waals surface area contributed by atoms with Crippen molar-refractivity contribution in [2.45, 2.75) is 25.8 Å². The van der Waals surface area contributed by atoms with Crippen molar-refractivity contribution in [2.75, 3.05) is 12.3 Å². The molecule has 23 heavy (non-hydrogen) atoms. The first kappa shape index (κ1) is 17.8. The van der Waals surface area contributed by atoms with E-state index in [0.29, 0.717) is 22.9 Å². The summed E-state index contributed by atoms with van der Waals surface area (Å²) in [6.07, 6.45) is 0.458. The van der Waals surface area contributed by atoms with Crippen molar-refractivity contribution < 1.29 is 19.5 Å². The molecule has 5 nitrogen and oxygen atoms in total. The van der Waals surface area contributed by atoms with Crippen LogP contribution in [0.2, 0.25) is 5.02 Å². The van der Waals surface area contributed by atoms with E-state index < -0.39 is 12.0 Å². The molecule has 1 aliphatic rings. The minimum atomic E-state index is -1.04. The predicted octanol–water partition coefficient (Wildman–Crippen LogP) is 2.46. The Balaban J connectivity index is 2.09. The van der Waals surface area contributed by atoms with Crippen LogP contribution in [0.1, 0.15) is 18.9 Å². The molecule has 0 bridgehead atoms. The first-order valence-corrected chi connectivity index (χ1v) is 8.64. The average Bonchev–Trinajstić information content (AvgIpc) is 2.85. The summed E-state index contributed by atoms with van der Waals surface area (Å²) >= 11 is 7.26. The SMILES string of the molecule is CC(=O)SCC1CC(=O)N([C@@H](Cc2ccccc2Cl)C(=O)O)C1. The Bertz CT molecular complexity index is 622. The Morgan fingerprint density at radius 1 is 1.43 bits per heavy atom. The van der Waals surface area contributed by atoms with Gasteiger partial charge in [-0.2, -0.15) is 0 Å². The highest BCUT2D eigenvalue weighted by atomic mass is 35.5. The van der Waals surface area contributed by atoms with E-state index in [9.17, 15) is 19.5 Å². The highest BCUT2D eigenvalue weighted by Crippen LogP contribution is 2.26. The van der Waals surface area contributed by atoms with Crippen molar-refractivity contribution >= 4 is 40.4 Å². The first-order chi connectivity index (χ1) is 10.9. The summed E-state index contributed by atoms with van der Waals surface area (Å²) in [5.74, 6) is -0.683. The molecule has 1 unspecified atom stereocenters. The fourth-order valence-electron chi connectivity index (χ4n) is 2.66. The van der Waals surface area contributed by atoms with Crippen LogP contribution in [0.25, 0.3) is 0 Å². The Labute approximate surface area is 144 Å². The molecule has 1 N–H and O–H groups in total. The van der Waals surface area contributed by atoms with Crippen molar-refractivity contribution in [3.05, 3.63) is 34.9 Å². The Hall–Kier alpha value is -1.53. The van der Waals surface area contributed by atoms with Gasteiger partial charge >= 0.3 is 5.97 Å². The third-order valence-corrected chi connectivity index (χ3v) is 5.21. The molecule has 7 heteroatoms. The highest BCUT2D eigenvalue weighted by molar-refractivity contribution is 8.13. The second-order valence-corrected chi connectivity index (χ2v) is 7.17. The topological polar surface area (TPSA) is 74.7 Å². The summed E-state index contributed by atoms with van der Waals surface area (Å²) < 4.78 is 0. The number of rotatable bonds is 6. The number of thioether (sulfide) groups is 1. The maximum atomic E-state index is 12.2. The molecule has 1 heterocycles. The maximum Gasteiger partial charge on any atom is 0.326 e. The molecule has 1 saturated heterocycles. The third kappa shape index (κ3) is 4.72. The molecule has 0 spiro atoms. The number of likely N-dealkylation sites (tertiary alicyclic amines) is 1. The number of carbonyl (C=O) groups excluding carboxylic acids is 2. The molecule has 1 amide bonds. The lowest BCUT2D eigenvalue weighted by Crippen LogP contribution is -2.43. The monoisotopic (exact) mass is 355 g/mol. The molecule has 2 rings (SSSR count). The zero-order valence-corrected chi connectivity index (χ0v) is 14.3. The first-order valence-electron chi connectivity index (χ1n) is 7.27. The molecule has 0 radical (unpaired) electrons. The Kier molecular flexibility index (Phi) is 6.07. The van der Waals surface area contributed by atoms with Crippen LogP contribution in [0.5, 0.6) is 0 Å². The molecule has 0 aromatic heterocycles. The molecule has 1 aliphatic heterocycles. The summed E-state index contributed by atoms with van der Waals surface area (Å²) in [7, 11) is 0. The van der Waals surface area contributed by atoms with Crippen molar-refractivity contribution in [1.82, 2.24) is 4.90 Å². The van der Waals surface area contributed by atoms with Crippen LogP contribution < -0.4 is 0 Å². The van der Waals surface area contributed by atoms with Crippen LogP contribution in [0.3, 0.4) is 0 Å². The Morgan fingerprint density at radius 2 is 2.13 bits per heavy atom. The summed E-state index contributed by atoms with van der Waals surface area (Å²) in [6, 6.07) is 6.10. The smallest absolute Gasteiger partial charge is 0.326 e. The van der Waals surface area contributed by atoms with Crippen molar-refractivity contribution in [3.63, 3.8) is 0 Å².